The van der Waals surface area contributed by atoms with Gasteiger partial charge in [0.05, 0.1) is 11.0 Å². The second kappa shape index (κ2) is 5.38. The van der Waals surface area contributed by atoms with Crippen molar-refractivity contribution in [2.45, 2.75) is 13.0 Å². The number of hydrogen-bond acceptors (Lipinski definition) is 4. The third-order valence-corrected chi connectivity index (χ3v) is 2.20. The van der Waals surface area contributed by atoms with Crippen molar-refractivity contribution in [3.63, 3.8) is 0 Å². The highest BCUT2D eigenvalue weighted by molar-refractivity contribution is 5.99. The van der Waals surface area contributed by atoms with Gasteiger partial charge in [0.15, 0.2) is 11.6 Å². The minimum Gasteiger partial charge on any atom is -0.480 e. The average molecular weight is 274 g/mol. The molecule has 0 aromatic heterocycles. The van der Waals surface area contributed by atoms with Crippen LogP contribution >= 0.6 is 0 Å². The summed E-state index contributed by atoms with van der Waals surface area (Å²) >= 11 is 0. The summed E-state index contributed by atoms with van der Waals surface area (Å²) in [7, 11) is 0. The highest BCUT2D eigenvalue weighted by atomic mass is 19.2. The van der Waals surface area contributed by atoms with E-state index >= 15 is 0 Å². The standard InChI is InChI=1S/C10H8F2N2O5/c1-4(10(16)17)13-9(15)5-2-6(11)7(12)3-8(5)14(18)19/h2-4H,1H3,(H,13,15)(H,16,17). The second-order valence-electron chi connectivity index (χ2n) is 3.57. The van der Waals surface area contributed by atoms with E-state index in [1.807, 2.05) is 5.32 Å². The molecule has 0 saturated carbocycles. The summed E-state index contributed by atoms with van der Waals surface area (Å²) in [4.78, 5) is 31.7. The number of nitrogens with one attached hydrogen (secondary N) is 1. The Morgan fingerprint density at radius 1 is 1.37 bits per heavy atom. The Bertz CT molecular complexity index is 561. The van der Waals surface area contributed by atoms with Crippen LogP contribution in [-0.2, 0) is 4.79 Å². The van der Waals surface area contributed by atoms with Gasteiger partial charge in [-0.2, -0.15) is 0 Å². The number of carboxylic acids is 1. The molecule has 102 valence electrons. The van der Waals surface area contributed by atoms with E-state index in [1.54, 1.807) is 0 Å². The molecule has 1 atom stereocenters. The Hall–Kier alpha value is -2.58. The molecule has 1 aromatic carbocycles. The smallest absolute Gasteiger partial charge is 0.325 e. The van der Waals surface area contributed by atoms with E-state index in [0.717, 1.165) is 6.92 Å². The molecule has 2 N–H and O–H groups in total. The fourth-order valence-electron chi connectivity index (χ4n) is 1.21. The molecule has 0 bridgehead atoms. The lowest BCUT2D eigenvalue weighted by molar-refractivity contribution is -0.385. The van der Waals surface area contributed by atoms with Gasteiger partial charge in [0, 0.05) is 0 Å². The van der Waals surface area contributed by atoms with E-state index in [1.165, 1.54) is 0 Å². The predicted molar refractivity (Wildman–Crippen MR) is 57.6 cm³/mol. The maximum Gasteiger partial charge on any atom is 0.325 e. The van der Waals surface area contributed by atoms with Gasteiger partial charge in [-0.05, 0) is 13.0 Å². The molecule has 0 fully saturated rings. The highest BCUT2D eigenvalue weighted by Crippen LogP contribution is 2.22. The number of nitro benzene ring substituents is 1. The summed E-state index contributed by atoms with van der Waals surface area (Å²) in [5, 5.41) is 21.1. The van der Waals surface area contributed by atoms with Gasteiger partial charge in [0.25, 0.3) is 11.6 Å². The summed E-state index contributed by atoms with van der Waals surface area (Å²) < 4.78 is 25.9. The van der Waals surface area contributed by atoms with Crippen LogP contribution < -0.4 is 5.32 Å². The van der Waals surface area contributed by atoms with Gasteiger partial charge in [-0.25, -0.2) is 8.78 Å². The molecule has 1 rings (SSSR count). The molecule has 0 aliphatic carbocycles. The lowest BCUT2D eigenvalue weighted by Gasteiger charge is -2.09. The first-order valence-electron chi connectivity index (χ1n) is 4.91. The van der Waals surface area contributed by atoms with Crippen LogP contribution in [0.15, 0.2) is 12.1 Å². The molecule has 1 amide bonds. The lowest BCUT2D eigenvalue weighted by atomic mass is 10.1. The topological polar surface area (TPSA) is 110 Å². The van der Waals surface area contributed by atoms with Gasteiger partial charge < -0.3 is 10.4 Å². The maximum absolute atomic E-state index is 13.0. The number of carbonyl (C=O) groups excluding carboxylic acids is 1. The molecule has 0 aliphatic heterocycles. The van der Waals surface area contributed by atoms with Crippen molar-refractivity contribution in [2.24, 2.45) is 0 Å². The SMILES string of the molecule is CC(NC(=O)c1cc(F)c(F)cc1[N+](=O)[O-])C(=O)O. The van der Waals surface area contributed by atoms with Crippen LogP contribution in [0.2, 0.25) is 0 Å². The molecular weight excluding hydrogens is 266 g/mol. The molecule has 0 saturated heterocycles. The summed E-state index contributed by atoms with van der Waals surface area (Å²) in [5.74, 6) is -5.48. The Morgan fingerprint density at radius 2 is 1.89 bits per heavy atom. The fraction of sp³-hybridized carbons (Fsp3) is 0.200. The Labute approximate surface area is 105 Å². The number of halogens is 2. The van der Waals surface area contributed by atoms with Gasteiger partial charge in [-0.15, -0.1) is 0 Å². The maximum atomic E-state index is 13.0. The molecule has 1 aromatic rings. The molecule has 0 aliphatic rings. The molecule has 7 nitrogen and oxygen atoms in total. The van der Waals surface area contributed by atoms with Crippen LogP contribution in [-0.4, -0.2) is 27.9 Å². The zero-order chi connectivity index (χ0) is 14.7. The zero-order valence-electron chi connectivity index (χ0n) is 9.52. The molecule has 0 heterocycles. The van der Waals surface area contributed by atoms with Crippen molar-refractivity contribution in [3.8, 4) is 0 Å². The molecular formula is C10H8F2N2O5. The van der Waals surface area contributed by atoms with Crippen molar-refractivity contribution in [1.29, 1.82) is 0 Å². The minimum atomic E-state index is -1.48. The number of carboxylic acid groups (broad SMARTS) is 1. The van der Waals surface area contributed by atoms with E-state index in [2.05, 4.69) is 0 Å². The van der Waals surface area contributed by atoms with Gasteiger partial charge in [0.2, 0.25) is 0 Å². The van der Waals surface area contributed by atoms with E-state index in [-0.39, 0.29) is 6.07 Å². The highest BCUT2D eigenvalue weighted by Gasteiger charge is 2.25. The lowest BCUT2D eigenvalue weighted by Crippen LogP contribution is -2.38. The Kier molecular flexibility index (Phi) is 4.10. The number of benzene rings is 1. The zero-order valence-corrected chi connectivity index (χ0v) is 9.52. The van der Waals surface area contributed by atoms with Gasteiger partial charge in [-0.1, -0.05) is 0 Å². The normalized spacial score (nSPS) is 11.7. The first kappa shape index (κ1) is 14.5. The van der Waals surface area contributed by atoms with E-state index in [9.17, 15) is 28.5 Å². The van der Waals surface area contributed by atoms with E-state index in [0.29, 0.717) is 6.07 Å². The number of nitrogens with zero attached hydrogens (tertiary/aromatic N) is 1. The fourth-order valence-corrected chi connectivity index (χ4v) is 1.21. The van der Waals surface area contributed by atoms with Crippen LogP contribution in [0.4, 0.5) is 14.5 Å². The first-order chi connectivity index (χ1) is 8.73. The average Bonchev–Trinajstić information content (AvgIpc) is 2.31. The number of rotatable bonds is 4. The van der Waals surface area contributed by atoms with Crippen LogP contribution in [0.1, 0.15) is 17.3 Å². The number of carbonyl (C=O) groups is 2. The first-order valence-corrected chi connectivity index (χ1v) is 4.91. The third kappa shape index (κ3) is 3.21. The van der Waals surface area contributed by atoms with Crippen LogP contribution in [0.25, 0.3) is 0 Å². The van der Waals surface area contributed by atoms with Crippen molar-refractivity contribution in [1.82, 2.24) is 5.32 Å². The molecule has 0 radical (unpaired) electrons. The van der Waals surface area contributed by atoms with Crippen molar-refractivity contribution in [2.75, 3.05) is 0 Å². The predicted octanol–water partition coefficient (Wildman–Crippen LogP) is 1.08. The van der Waals surface area contributed by atoms with Crippen molar-refractivity contribution >= 4 is 17.6 Å². The summed E-state index contributed by atoms with van der Waals surface area (Å²) in [5.41, 5.74) is -1.70. The van der Waals surface area contributed by atoms with Crippen molar-refractivity contribution < 1.29 is 28.4 Å². The molecule has 19 heavy (non-hydrogen) atoms. The number of nitro groups is 1. The molecule has 9 heteroatoms. The molecule has 1 unspecified atom stereocenters. The van der Waals surface area contributed by atoms with E-state index in [4.69, 9.17) is 5.11 Å². The Morgan fingerprint density at radius 3 is 2.37 bits per heavy atom. The number of aliphatic carboxylic acids is 1. The van der Waals surface area contributed by atoms with Crippen LogP contribution in [0.3, 0.4) is 0 Å². The monoisotopic (exact) mass is 274 g/mol. The second-order valence-corrected chi connectivity index (χ2v) is 3.57. The van der Waals surface area contributed by atoms with Gasteiger partial charge >= 0.3 is 5.97 Å². The Balaban J connectivity index is 3.18. The summed E-state index contributed by atoms with van der Waals surface area (Å²) in [6.45, 7) is 1.12. The number of amides is 1. The van der Waals surface area contributed by atoms with Crippen molar-refractivity contribution in [3.05, 3.63) is 39.4 Å². The van der Waals surface area contributed by atoms with E-state index < -0.39 is 45.7 Å². The minimum absolute atomic E-state index is 0.260. The largest absolute Gasteiger partial charge is 0.480 e. The molecule has 0 spiro atoms. The van der Waals surface area contributed by atoms with Gasteiger partial charge in [0.1, 0.15) is 11.6 Å². The van der Waals surface area contributed by atoms with Crippen LogP contribution in [0, 0.1) is 21.7 Å². The van der Waals surface area contributed by atoms with Gasteiger partial charge in [-0.3, -0.25) is 19.7 Å². The number of hydrogen-bond donors (Lipinski definition) is 2. The third-order valence-electron chi connectivity index (χ3n) is 2.20. The summed E-state index contributed by atoms with van der Waals surface area (Å²) in [6, 6.07) is -0.729. The quantitative estimate of drug-likeness (QED) is 0.630. The summed E-state index contributed by atoms with van der Waals surface area (Å²) in [6.07, 6.45) is 0. The van der Waals surface area contributed by atoms with Crippen LogP contribution in [0.5, 0.6) is 0 Å².